The van der Waals surface area contributed by atoms with Gasteiger partial charge in [0.05, 0.1) is 18.7 Å². The molecule has 0 spiro atoms. The van der Waals surface area contributed by atoms with Gasteiger partial charge in [0.1, 0.15) is 0 Å². The van der Waals surface area contributed by atoms with E-state index >= 15 is 0 Å². The number of likely N-dealkylation sites (tertiary alicyclic amines) is 1. The molecular weight excluding hydrogens is 332 g/mol. The molecule has 4 rings (SSSR count). The zero-order valence-electron chi connectivity index (χ0n) is 15.0. The molecule has 0 bridgehead atoms. The topological polar surface area (TPSA) is 78.5 Å². The molecule has 26 heavy (non-hydrogen) atoms. The van der Waals surface area contributed by atoms with Crippen LogP contribution in [0.1, 0.15) is 28.9 Å². The van der Waals surface area contributed by atoms with Crippen LogP contribution in [0.25, 0.3) is 10.9 Å². The molecule has 1 aromatic carbocycles. The van der Waals surface area contributed by atoms with E-state index in [2.05, 4.69) is 10.2 Å². The minimum atomic E-state index is -0.0564. The van der Waals surface area contributed by atoms with E-state index in [0.717, 1.165) is 16.5 Å². The van der Waals surface area contributed by atoms with Crippen LogP contribution in [0.4, 0.5) is 0 Å². The average molecular weight is 356 g/mol. The van der Waals surface area contributed by atoms with Crippen LogP contribution in [-0.4, -0.2) is 71.2 Å². The number of nitrogens with one attached hydrogen (secondary N) is 1. The van der Waals surface area contributed by atoms with Crippen LogP contribution >= 0.6 is 0 Å². The van der Waals surface area contributed by atoms with Gasteiger partial charge in [-0.3, -0.25) is 14.7 Å². The molecule has 2 aliphatic rings. The lowest BCUT2D eigenvalue weighted by atomic mass is 9.94. The summed E-state index contributed by atoms with van der Waals surface area (Å²) in [7, 11) is 0. The third kappa shape index (κ3) is 3.19. The molecule has 0 atom stereocenters. The van der Waals surface area contributed by atoms with Crippen LogP contribution < -0.4 is 0 Å². The zero-order valence-corrected chi connectivity index (χ0v) is 15.0. The van der Waals surface area contributed by atoms with Gasteiger partial charge in [0.2, 0.25) is 5.91 Å². The molecule has 7 heteroatoms. The van der Waals surface area contributed by atoms with Crippen molar-refractivity contribution in [1.82, 2.24) is 20.0 Å². The fraction of sp³-hybridized carbons (Fsp3) is 0.526. The molecule has 1 aromatic heterocycles. The molecule has 2 saturated heterocycles. The fourth-order valence-electron chi connectivity index (χ4n) is 3.81. The Morgan fingerprint density at radius 3 is 2.58 bits per heavy atom. The van der Waals surface area contributed by atoms with E-state index < -0.39 is 0 Å². The fourth-order valence-corrected chi connectivity index (χ4v) is 3.81. The SMILES string of the molecule is Cc1ccc2[nH]nc(C(=O)N3CCC(C(=O)N4CCOCC4)CC3)c2c1. The molecule has 138 valence electrons. The Labute approximate surface area is 152 Å². The largest absolute Gasteiger partial charge is 0.378 e. The first-order valence-corrected chi connectivity index (χ1v) is 9.24. The standard InChI is InChI=1S/C19H24N4O3/c1-13-2-3-16-15(12-13)17(21-20-16)19(25)22-6-4-14(5-7-22)18(24)23-8-10-26-11-9-23/h2-3,12,14H,4-11H2,1H3,(H,20,21). The number of rotatable bonds is 2. The summed E-state index contributed by atoms with van der Waals surface area (Å²) in [6, 6.07) is 5.93. The molecule has 1 N–H and O–H groups in total. The van der Waals surface area contributed by atoms with E-state index in [9.17, 15) is 9.59 Å². The van der Waals surface area contributed by atoms with Crippen molar-refractivity contribution in [2.24, 2.45) is 5.92 Å². The number of hydrogen-bond acceptors (Lipinski definition) is 4. The highest BCUT2D eigenvalue weighted by atomic mass is 16.5. The maximum Gasteiger partial charge on any atom is 0.274 e. The number of carbonyl (C=O) groups is 2. The average Bonchev–Trinajstić information content (AvgIpc) is 3.10. The van der Waals surface area contributed by atoms with Crippen LogP contribution in [0, 0.1) is 12.8 Å². The smallest absolute Gasteiger partial charge is 0.274 e. The first-order valence-electron chi connectivity index (χ1n) is 9.24. The quantitative estimate of drug-likeness (QED) is 0.886. The lowest BCUT2D eigenvalue weighted by molar-refractivity contribution is -0.141. The number of H-pyrrole nitrogens is 1. The predicted molar refractivity (Wildman–Crippen MR) is 96.9 cm³/mol. The summed E-state index contributed by atoms with van der Waals surface area (Å²) in [5.41, 5.74) is 2.45. The third-order valence-corrected chi connectivity index (χ3v) is 5.38. The van der Waals surface area contributed by atoms with Gasteiger partial charge in [-0.15, -0.1) is 0 Å². The summed E-state index contributed by atoms with van der Waals surface area (Å²) in [4.78, 5) is 29.2. The number of aryl methyl sites for hydroxylation is 1. The number of morpholine rings is 1. The van der Waals surface area contributed by atoms with Crippen molar-refractivity contribution >= 4 is 22.7 Å². The van der Waals surface area contributed by atoms with Crippen LogP contribution in [0.15, 0.2) is 18.2 Å². The Morgan fingerprint density at radius 1 is 1.12 bits per heavy atom. The van der Waals surface area contributed by atoms with Crippen LogP contribution in [0.5, 0.6) is 0 Å². The molecule has 2 aromatic rings. The van der Waals surface area contributed by atoms with Gasteiger partial charge in [-0.2, -0.15) is 5.10 Å². The van der Waals surface area contributed by atoms with Gasteiger partial charge in [-0.25, -0.2) is 0 Å². The van der Waals surface area contributed by atoms with Crippen LogP contribution in [0.2, 0.25) is 0 Å². The summed E-state index contributed by atoms with van der Waals surface area (Å²) >= 11 is 0. The number of piperidine rings is 1. The third-order valence-electron chi connectivity index (χ3n) is 5.38. The van der Waals surface area contributed by atoms with Gasteiger partial charge in [0.15, 0.2) is 5.69 Å². The van der Waals surface area contributed by atoms with Crippen LogP contribution in [0.3, 0.4) is 0 Å². The van der Waals surface area contributed by atoms with Crippen molar-refractivity contribution in [2.75, 3.05) is 39.4 Å². The molecule has 7 nitrogen and oxygen atoms in total. The maximum absolute atomic E-state index is 12.9. The Morgan fingerprint density at radius 2 is 1.85 bits per heavy atom. The van der Waals surface area contributed by atoms with Crippen molar-refractivity contribution in [3.63, 3.8) is 0 Å². The van der Waals surface area contributed by atoms with Gasteiger partial charge in [0, 0.05) is 37.5 Å². The minimum absolute atomic E-state index is 0.00956. The summed E-state index contributed by atoms with van der Waals surface area (Å²) in [6.45, 7) is 5.79. The molecule has 0 aliphatic carbocycles. The van der Waals surface area contributed by atoms with E-state index in [0.29, 0.717) is 57.9 Å². The lowest BCUT2D eigenvalue weighted by Gasteiger charge is -2.35. The van der Waals surface area contributed by atoms with Crippen molar-refractivity contribution in [1.29, 1.82) is 0 Å². The maximum atomic E-state index is 12.9. The number of carbonyl (C=O) groups excluding carboxylic acids is 2. The number of amides is 2. The molecule has 3 heterocycles. The van der Waals surface area contributed by atoms with Gasteiger partial charge >= 0.3 is 0 Å². The Bertz CT molecular complexity index is 817. The number of aromatic nitrogens is 2. The van der Waals surface area contributed by atoms with E-state index in [-0.39, 0.29) is 17.7 Å². The highest BCUT2D eigenvalue weighted by molar-refractivity contribution is 6.04. The number of hydrogen-bond donors (Lipinski definition) is 1. The Balaban J connectivity index is 1.41. The number of fused-ring (bicyclic) bond motifs is 1. The molecule has 0 unspecified atom stereocenters. The van der Waals surface area contributed by atoms with Crippen molar-refractivity contribution in [2.45, 2.75) is 19.8 Å². The Kier molecular flexibility index (Phi) is 4.63. The van der Waals surface area contributed by atoms with E-state index in [1.807, 2.05) is 34.9 Å². The normalized spacial score (nSPS) is 19.1. The molecular formula is C19H24N4O3. The van der Waals surface area contributed by atoms with E-state index in [4.69, 9.17) is 4.74 Å². The second kappa shape index (κ2) is 7.07. The minimum Gasteiger partial charge on any atom is -0.378 e. The van der Waals surface area contributed by atoms with E-state index in [1.54, 1.807) is 0 Å². The first-order chi connectivity index (χ1) is 12.6. The predicted octanol–water partition coefficient (Wildman–Crippen LogP) is 1.58. The summed E-state index contributed by atoms with van der Waals surface area (Å²) in [5, 5.41) is 8.03. The van der Waals surface area contributed by atoms with Crippen molar-refractivity contribution in [3.8, 4) is 0 Å². The van der Waals surface area contributed by atoms with Gasteiger partial charge in [-0.1, -0.05) is 11.6 Å². The first kappa shape index (κ1) is 17.0. The highest BCUT2D eigenvalue weighted by Gasteiger charge is 2.32. The van der Waals surface area contributed by atoms with Crippen LogP contribution in [-0.2, 0) is 9.53 Å². The van der Waals surface area contributed by atoms with Gasteiger partial charge < -0.3 is 14.5 Å². The molecule has 2 aliphatic heterocycles. The number of ether oxygens (including phenoxy) is 1. The monoisotopic (exact) mass is 356 g/mol. The molecule has 2 fully saturated rings. The molecule has 2 amide bonds. The van der Waals surface area contributed by atoms with Crippen molar-refractivity contribution < 1.29 is 14.3 Å². The molecule has 0 saturated carbocycles. The van der Waals surface area contributed by atoms with Crippen molar-refractivity contribution in [3.05, 3.63) is 29.5 Å². The van der Waals surface area contributed by atoms with E-state index in [1.165, 1.54) is 0 Å². The summed E-state index contributed by atoms with van der Waals surface area (Å²) in [5.74, 6) is 0.163. The number of benzene rings is 1. The second-order valence-electron chi connectivity index (χ2n) is 7.13. The van der Waals surface area contributed by atoms with Gasteiger partial charge in [0.25, 0.3) is 5.91 Å². The second-order valence-corrected chi connectivity index (χ2v) is 7.13. The van der Waals surface area contributed by atoms with Gasteiger partial charge in [-0.05, 0) is 31.9 Å². The summed E-state index contributed by atoms with van der Waals surface area (Å²) < 4.78 is 5.31. The number of aromatic amines is 1. The summed E-state index contributed by atoms with van der Waals surface area (Å²) in [6.07, 6.45) is 1.42. The highest BCUT2D eigenvalue weighted by Crippen LogP contribution is 2.24. The molecule has 0 radical (unpaired) electrons. The Hall–Kier alpha value is -2.41. The lowest BCUT2D eigenvalue weighted by Crippen LogP contribution is -2.47. The number of nitrogens with zero attached hydrogens (tertiary/aromatic N) is 3. The zero-order chi connectivity index (χ0) is 18.1.